The predicted molar refractivity (Wildman–Crippen MR) is 117 cm³/mol. The van der Waals surface area contributed by atoms with E-state index in [1.165, 1.54) is 33.5 Å². The number of aromatic carboxylic acids is 1. The second-order valence-electron chi connectivity index (χ2n) is 7.52. The summed E-state index contributed by atoms with van der Waals surface area (Å²) in [6, 6.07) is 22.9. The van der Waals surface area contributed by atoms with E-state index in [-0.39, 0.29) is 17.7 Å². The maximum absolute atomic E-state index is 13.4. The summed E-state index contributed by atoms with van der Waals surface area (Å²) in [7, 11) is 0. The minimum absolute atomic E-state index is 0.150. The Morgan fingerprint density at radius 2 is 1.48 bits per heavy atom. The van der Waals surface area contributed by atoms with Gasteiger partial charge in [-0.3, -0.25) is 9.36 Å². The second kappa shape index (κ2) is 7.25. The van der Waals surface area contributed by atoms with E-state index in [1.54, 1.807) is 12.1 Å². The zero-order chi connectivity index (χ0) is 21.5. The quantitative estimate of drug-likeness (QED) is 0.493. The average molecular weight is 410 g/mol. The molecule has 0 bridgehead atoms. The van der Waals surface area contributed by atoms with Gasteiger partial charge in [-0.25, -0.2) is 14.2 Å². The first-order valence-corrected chi connectivity index (χ1v) is 9.87. The van der Waals surface area contributed by atoms with Crippen LogP contribution in [0.15, 0.2) is 94.6 Å². The van der Waals surface area contributed by atoms with E-state index in [9.17, 15) is 19.5 Å². The molecule has 1 aromatic heterocycles. The average Bonchev–Trinajstić information content (AvgIpc) is 3.11. The molecule has 1 aliphatic rings. The van der Waals surface area contributed by atoms with Gasteiger partial charge in [-0.05, 0) is 39.9 Å². The number of hydrogen-bond donors (Lipinski definition) is 1. The molecule has 0 unspecified atom stereocenters. The molecule has 0 radical (unpaired) electrons. The van der Waals surface area contributed by atoms with Crippen molar-refractivity contribution in [1.29, 1.82) is 0 Å². The number of carbonyl (C=O) groups is 1. The Bertz CT molecular complexity index is 1400. The molecule has 6 nitrogen and oxygen atoms in total. The number of nitrogens with zero attached hydrogens (tertiary/aromatic N) is 2. The van der Waals surface area contributed by atoms with Crippen LogP contribution < -0.4 is 11.2 Å². The molecule has 31 heavy (non-hydrogen) atoms. The third-order valence-corrected chi connectivity index (χ3v) is 5.67. The van der Waals surface area contributed by atoms with Crippen molar-refractivity contribution in [2.75, 3.05) is 0 Å². The second-order valence-corrected chi connectivity index (χ2v) is 7.52. The topological polar surface area (TPSA) is 81.3 Å². The van der Waals surface area contributed by atoms with Gasteiger partial charge in [0.15, 0.2) is 0 Å². The number of carboxylic acid groups (broad SMARTS) is 1. The summed E-state index contributed by atoms with van der Waals surface area (Å²) >= 11 is 0. The van der Waals surface area contributed by atoms with Crippen molar-refractivity contribution >= 4 is 5.97 Å². The predicted octanol–water partition coefficient (Wildman–Crippen LogP) is 3.37. The molecule has 5 rings (SSSR count). The van der Waals surface area contributed by atoms with Crippen LogP contribution in [-0.4, -0.2) is 20.2 Å². The lowest BCUT2D eigenvalue weighted by molar-refractivity contribution is 0.0696. The number of hydrogen-bond acceptors (Lipinski definition) is 3. The number of rotatable bonds is 4. The SMILES string of the molecule is O=C(O)c1cccc(Cn2ccc(=O)n(C3c4ccccc4-c4ccccc43)c2=O)c1. The molecular weight excluding hydrogens is 392 g/mol. The largest absolute Gasteiger partial charge is 0.478 e. The molecule has 0 fully saturated rings. The van der Waals surface area contributed by atoms with Crippen molar-refractivity contribution < 1.29 is 9.90 Å². The van der Waals surface area contributed by atoms with E-state index in [4.69, 9.17) is 0 Å². The zero-order valence-corrected chi connectivity index (χ0v) is 16.4. The first-order chi connectivity index (χ1) is 15.0. The minimum atomic E-state index is -1.03. The Morgan fingerprint density at radius 3 is 2.13 bits per heavy atom. The Labute approximate surface area is 177 Å². The van der Waals surface area contributed by atoms with Crippen LogP contribution in [0.25, 0.3) is 11.1 Å². The summed E-state index contributed by atoms with van der Waals surface area (Å²) in [5.74, 6) is -1.03. The molecule has 3 aromatic carbocycles. The highest BCUT2D eigenvalue weighted by Crippen LogP contribution is 2.44. The standard InChI is InChI=1S/C25H18N2O4/c28-22-12-13-26(15-16-6-5-7-17(14-16)24(29)30)25(31)27(22)23-20-10-3-1-8-18(20)19-9-2-4-11-21(19)23/h1-14,23H,15H2,(H,29,30). The van der Waals surface area contributed by atoms with Gasteiger partial charge in [-0.2, -0.15) is 0 Å². The highest BCUT2D eigenvalue weighted by atomic mass is 16.4. The number of fused-ring (bicyclic) bond motifs is 3. The lowest BCUT2D eigenvalue weighted by Gasteiger charge is -2.18. The van der Waals surface area contributed by atoms with Crippen molar-refractivity contribution in [2.45, 2.75) is 12.6 Å². The minimum Gasteiger partial charge on any atom is -0.478 e. The Balaban J connectivity index is 1.65. The highest BCUT2D eigenvalue weighted by Gasteiger charge is 2.31. The summed E-state index contributed by atoms with van der Waals surface area (Å²) in [5.41, 5.74) is 3.85. The van der Waals surface area contributed by atoms with Gasteiger partial charge in [0.05, 0.1) is 18.2 Å². The van der Waals surface area contributed by atoms with E-state index in [0.717, 1.165) is 22.3 Å². The summed E-state index contributed by atoms with van der Waals surface area (Å²) < 4.78 is 2.72. The van der Waals surface area contributed by atoms with Crippen LogP contribution in [0.1, 0.15) is 33.1 Å². The van der Waals surface area contributed by atoms with Gasteiger partial charge >= 0.3 is 11.7 Å². The molecule has 0 amide bonds. The van der Waals surface area contributed by atoms with Gasteiger partial charge < -0.3 is 5.11 Å². The van der Waals surface area contributed by atoms with Crippen molar-refractivity contribution in [2.24, 2.45) is 0 Å². The van der Waals surface area contributed by atoms with E-state index < -0.39 is 17.7 Å². The van der Waals surface area contributed by atoms with Crippen LogP contribution in [0.4, 0.5) is 0 Å². The van der Waals surface area contributed by atoms with E-state index in [1.807, 2.05) is 48.5 Å². The third-order valence-electron chi connectivity index (χ3n) is 5.67. The van der Waals surface area contributed by atoms with Crippen molar-refractivity contribution in [3.05, 3.63) is 128 Å². The van der Waals surface area contributed by atoms with E-state index in [2.05, 4.69) is 0 Å². The lowest BCUT2D eigenvalue weighted by Crippen LogP contribution is -2.41. The summed E-state index contributed by atoms with van der Waals surface area (Å²) in [5, 5.41) is 9.23. The van der Waals surface area contributed by atoms with Crippen LogP contribution in [0.2, 0.25) is 0 Å². The van der Waals surface area contributed by atoms with Gasteiger partial charge in [-0.1, -0.05) is 60.7 Å². The molecule has 152 valence electrons. The Morgan fingerprint density at radius 1 is 0.839 bits per heavy atom. The number of benzene rings is 3. The molecule has 0 aliphatic heterocycles. The molecule has 0 spiro atoms. The van der Waals surface area contributed by atoms with E-state index >= 15 is 0 Å². The highest BCUT2D eigenvalue weighted by molar-refractivity contribution is 5.87. The summed E-state index contributed by atoms with van der Waals surface area (Å²) in [6.07, 6.45) is 1.46. The van der Waals surface area contributed by atoms with Gasteiger partial charge in [0.1, 0.15) is 0 Å². The fourth-order valence-electron chi connectivity index (χ4n) is 4.30. The maximum atomic E-state index is 13.4. The van der Waals surface area contributed by atoms with Crippen LogP contribution in [0, 0.1) is 0 Å². The van der Waals surface area contributed by atoms with Gasteiger partial charge in [0.2, 0.25) is 0 Å². The fourth-order valence-corrected chi connectivity index (χ4v) is 4.30. The van der Waals surface area contributed by atoms with Gasteiger partial charge in [0, 0.05) is 12.3 Å². The van der Waals surface area contributed by atoms with Gasteiger partial charge in [0.25, 0.3) is 5.56 Å². The fraction of sp³-hybridized carbons (Fsp3) is 0.0800. The van der Waals surface area contributed by atoms with E-state index in [0.29, 0.717) is 5.56 Å². The lowest BCUT2D eigenvalue weighted by atomic mass is 10.1. The molecular formula is C25H18N2O4. The molecule has 1 N–H and O–H groups in total. The maximum Gasteiger partial charge on any atom is 0.335 e. The first-order valence-electron chi connectivity index (χ1n) is 9.87. The smallest absolute Gasteiger partial charge is 0.335 e. The molecule has 6 heteroatoms. The first kappa shape index (κ1) is 18.8. The Hall–Kier alpha value is -4.19. The third kappa shape index (κ3) is 3.09. The molecule has 1 heterocycles. The number of carboxylic acids is 1. The monoisotopic (exact) mass is 410 g/mol. The van der Waals surface area contributed by atoms with Crippen molar-refractivity contribution in [3.63, 3.8) is 0 Å². The Kier molecular flexibility index (Phi) is 4.40. The van der Waals surface area contributed by atoms with Crippen LogP contribution in [0.3, 0.4) is 0 Å². The van der Waals surface area contributed by atoms with Crippen LogP contribution in [0.5, 0.6) is 0 Å². The molecule has 0 saturated heterocycles. The molecule has 0 atom stereocenters. The molecule has 1 aliphatic carbocycles. The zero-order valence-electron chi connectivity index (χ0n) is 16.4. The van der Waals surface area contributed by atoms with Crippen molar-refractivity contribution in [1.82, 2.24) is 9.13 Å². The molecule has 4 aromatic rings. The van der Waals surface area contributed by atoms with Crippen LogP contribution in [-0.2, 0) is 6.54 Å². The normalized spacial score (nSPS) is 12.4. The molecule has 0 saturated carbocycles. The summed E-state index contributed by atoms with van der Waals surface area (Å²) in [6.45, 7) is 0.163. The number of aromatic nitrogens is 2. The van der Waals surface area contributed by atoms with Gasteiger partial charge in [-0.15, -0.1) is 0 Å². The van der Waals surface area contributed by atoms with Crippen LogP contribution >= 0.6 is 0 Å². The summed E-state index contributed by atoms with van der Waals surface area (Å²) in [4.78, 5) is 37.6. The van der Waals surface area contributed by atoms with Crippen molar-refractivity contribution in [3.8, 4) is 11.1 Å².